The van der Waals surface area contributed by atoms with E-state index < -0.39 is 5.91 Å². The Balaban J connectivity index is 1.86. The predicted molar refractivity (Wildman–Crippen MR) is 76.9 cm³/mol. The van der Waals surface area contributed by atoms with Crippen molar-refractivity contribution < 1.29 is 14.3 Å². The highest BCUT2D eigenvalue weighted by Crippen LogP contribution is 2.32. The number of thiazole rings is 1. The van der Waals surface area contributed by atoms with Crippen molar-refractivity contribution in [3.05, 3.63) is 40.3 Å². The molecule has 1 aromatic heterocycles. The molecule has 108 valence electrons. The number of ether oxygens (including phenoxy) is 1. The van der Waals surface area contributed by atoms with Crippen LogP contribution >= 0.6 is 11.3 Å². The van der Waals surface area contributed by atoms with Crippen molar-refractivity contribution in [1.29, 1.82) is 0 Å². The Bertz CT molecular complexity index is 700. The number of para-hydroxylation sites is 2. The third-order valence-corrected chi connectivity index (χ3v) is 3.90. The van der Waals surface area contributed by atoms with Crippen molar-refractivity contribution in [1.82, 2.24) is 10.4 Å². The monoisotopic (exact) mass is 304 g/mol. The van der Waals surface area contributed by atoms with E-state index in [2.05, 4.69) is 4.98 Å². The molecule has 0 spiro atoms. The first-order chi connectivity index (χ1) is 10.2. The fourth-order valence-corrected chi connectivity index (χ4v) is 2.75. The van der Waals surface area contributed by atoms with E-state index in [0.29, 0.717) is 17.1 Å². The maximum atomic E-state index is 12.0. The summed E-state index contributed by atoms with van der Waals surface area (Å²) in [6.45, 7) is 0.283. The standard InChI is InChI=1S/C13H12N4O3S/c14-16-12(19)13-15-8(7-21-13)5-17-9-3-1-2-4-10(9)20-6-11(17)18/h1-4,7H,5-6,14H2,(H,16,19). The maximum Gasteiger partial charge on any atom is 0.294 e. The summed E-state index contributed by atoms with van der Waals surface area (Å²) in [5.41, 5.74) is 3.36. The molecule has 3 rings (SSSR count). The lowest BCUT2D eigenvalue weighted by Gasteiger charge is -2.28. The van der Waals surface area contributed by atoms with Gasteiger partial charge in [-0.05, 0) is 12.1 Å². The lowest BCUT2D eigenvalue weighted by molar-refractivity contribution is -0.121. The SMILES string of the molecule is NNC(=O)c1nc(CN2C(=O)COc3ccccc32)cs1. The van der Waals surface area contributed by atoms with Crippen molar-refractivity contribution in [3.8, 4) is 5.75 Å². The second kappa shape index (κ2) is 5.51. The van der Waals surface area contributed by atoms with E-state index in [-0.39, 0.29) is 24.1 Å². The number of hydrogen-bond donors (Lipinski definition) is 2. The summed E-state index contributed by atoms with van der Waals surface area (Å²) in [5, 5.41) is 2.00. The summed E-state index contributed by atoms with van der Waals surface area (Å²) in [6, 6.07) is 7.30. The number of nitrogen functional groups attached to an aromatic ring is 1. The first-order valence-electron chi connectivity index (χ1n) is 6.16. The van der Waals surface area contributed by atoms with Gasteiger partial charge < -0.3 is 4.74 Å². The molecule has 0 atom stereocenters. The number of carbonyl (C=O) groups is 2. The van der Waals surface area contributed by atoms with E-state index in [4.69, 9.17) is 10.6 Å². The molecule has 21 heavy (non-hydrogen) atoms. The number of nitrogens with two attached hydrogens (primary N) is 1. The molecule has 1 aromatic carbocycles. The summed E-state index contributed by atoms with van der Waals surface area (Å²) in [6.07, 6.45) is 0. The van der Waals surface area contributed by atoms with E-state index in [1.54, 1.807) is 10.3 Å². The Hall–Kier alpha value is -2.45. The van der Waals surface area contributed by atoms with Crippen LogP contribution in [0, 0.1) is 0 Å². The van der Waals surface area contributed by atoms with Gasteiger partial charge in [0, 0.05) is 5.38 Å². The lowest BCUT2D eigenvalue weighted by atomic mass is 10.2. The summed E-state index contributed by atoms with van der Waals surface area (Å²) < 4.78 is 5.37. The fraction of sp³-hybridized carbons (Fsp3) is 0.154. The van der Waals surface area contributed by atoms with Gasteiger partial charge in [0.05, 0.1) is 17.9 Å². The Labute approximate surface area is 124 Å². The molecular formula is C13H12N4O3S. The van der Waals surface area contributed by atoms with Gasteiger partial charge in [0.1, 0.15) is 5.75 Å². The van der Waals surface area contributed by atoms with E-state index >= 15 is 0 Å². The number of nitrogens with zero attached hydrogens (tertiary/aromatic N) is 2. The minimum Gasteiger partial charge on any atom is -0.482 e. The normalized spacial score (nSPS) is 13.6. The number of anilines is 1. The zero-order valence-electron chi connectivity index (χ0n) is 10.9. The van der Waals surface area contributed by atoms with Crippen LogP contribution in [0.3, 0.4) is 0 Å². The zero-order chi connectivity index (χ0) is 14.8. The average Bonchev–Trinajstić information content (AvgIpc) is 2.98. The maximum absolute atomic E-state index is 12.0. The third kappa shape index (κ3) is 2.58. The van der Waals surface area contributed by atoms with Crippen LogP contribution in [0.25, 0.3) is 0 Å². The van der Waals surface area contributed by atoms with Crippen molar-refractivity contribution >= 4 is 28.8 Å². The van der Waals surface area contributed by atoms with Gasteiger partial charge in [-0.3, -0.25) is 19.9 Å². The van der Waals surface area contributed by atoms with Crippen LogP contribution in [0.15, 0.2) is 29.6 Å². The van der Waals surface area contributed by atoms with Crippen LogP contribution in [-0.2, 0) is 11.3 Å². The number of nitrogens with one attached hydrogen (secondary N) is 1. The second-order valence-corrected chi connectivity index (χ2v) is 5.21. The number of hydrazine groups is 1. The van der Waals surface area contributed by atoms with Gasteiger partial charge in [-0.2, -0.15) is 0 Å². The van der Waals surface area contributed by atoms with Gasteiger partial charge in [0.25, 0.3) is 11.8 Å². The minimum atomic E-state index is -0.444. The van der Waals surface area contributed by atoms with Crippen molar-refractivity contribution in [2.45, 2.75) is 6.54 Å². The molecule has 2 amide bonds. The molecule has 0 saturated heterocycles. The third-order valence-electron chi connectivity index (χ3n) is 3.01. The van der Waals surface area contributed by atoms with Crippen LogP contribution in [-0.4, -0.2) is 23.4 Å². The molecule has 8 heteroatoms. The van der Waals surface area contributed by atoms with Crippen LogP contribution in [0.1, 0.15) is 15.5 Å². The molecule has 7 nitrogen and oxygen atoms in total. The highest BCUT2D eigenvalue weighted by molar-refractivity contribution is 7.11. The molecule has 2 aromatic rings. The molecule has 2 heterocycles. The van der Waals surface area contributed by atoms with Gasteiger partial charge in [-0.25, -0.2) is 10.8 Å². The van der Waals surface area contributed by atoms with E-state index in [0.717, 1.165) is 0 Å². The summed E-state index contributed by atoms with van der Waals surface area (Å²) in [4.78, 5) is 29.2. The molecule has 1 aliphatic rings. The molecular weight excluding hydrogens is 292 g/mol. The van der Waals surface area contributed by atoms with Gasteiger partial charge in [-0.1, -0.05) is 12.1 Å². The topological polar surface area (TPSA) is 97.5 Å². The van der Waals surface area contributed by atoms with Gasteiger partial charge in [-0.15, -0.1) is 11.3 Å². The van der Waals surface area contributed by atoms with Gasteiger partial charge in [0.15, 0.2) is 11.6 Å². The van der Waals surface area contributed by atoms with Gasteiger partial charge >= 0.3 is 0 Å². The quantitative estimate of drug-likeness (QED) is 0.493. The summed E-state index contributed by atoms with van der Waals surface area (Å²) >= 11 is 1.18. The van der Waals surface area contributed by atoms with Crippen molar-refractivity contribution in [2.75, 3.05) is 11.5 Å². The van der Waals surface area contributed by atoms with Crippen LogP contribution in [0.5, 0.6) is 5.75 Å². The Morgan fingerprint density at radius 3 is 3.10 bits per heavy atom. The van der Waals surface area contributed by atoms with Crippen molar-refractivity contribution in [2.24, 2.45) is 5.84 Å². The molecule has 1 aliphatic heterocycles. The highest BCUT2D eigenvalue weighted by atomic mass is 32.1. The van der Waals surface area contributed by atoms with Gasteiger partial charge in [0.2, 0.25) is 0 Å². The van der Waals surface area contributed by atoms with E-state index in [1.807, 2.05) is 29.7 Å². The largest absolute Gasteiger partial charge is 0.482 e. The first-order valence-corrected chi connectivity index (χ1v) is 7.04. The lowest BCUT2D eigenvalue weighted by Crippen LogP contribution is -2.38. The Morgan fingerprint density at radius 1 is 1.48 bits per heavy atom. The Kier molecular flexibility index (Phi) is 3.55. The second-order valence-electron chi connectivity index (χ2n) is 4.35. The molecule has 0 saturated carbocycles. The summed E-state index contributed by atoms with van der Waals surface area (Å²) in [7, 11) is 0. The first kappa shape index (κ1) is 13.5. The molecule has 0 fully saturated rings. The molecule has 0 radical (unpaired) electrons. The predicted octanol–water partition coefficient (Wildman–Crippen LogP) is 0.672. The molecule has 0 unspecified atom stereocenters. The number of aromatic nitrogens is 1. The minimum absolute atomic E-state index is 0.00268. The average molecular weight is 304 g/mol. The molecule has 3 N–H and O–H groups in total. The smallest absolute Gasteiger partial charge is 0.294 e. The van der Waals surface area contributed by atoms with Crippen LogP contribution in [0.2, 0.25) is 0 Å². The van der Waals surface area contributed by atoms with Crippen LogP contribution < -0.4 is 20.9 Å². The molecule has 0 aliphatic carbocycles. The highest BCUT2D eigenvalue weighted by Gasteiger charge is 2.26. The van der Waals surface area contributed by atoms with Crippen LogP contribution in [0.4, 0.5) is 5.69 Å². The summed E-state index contributed by atoms with van der Waals surface area (Å²) in [5.74, 6) is 5.14. The number of rotatable bonds is 3. The number of benzene rings is 1. The fourth-order valence-electron chi connectivity index (χ4n) is 2.03. The van der Waals surface area contributed by atoms with Crippen molar-refractivity contribution in [3.63, 3.8) is 0 Å². The number of carbonyl (C=O) groups excluding carboxylic acids is 2. The number of hydrogen-bond acceptors (Lipinski definition) is 6. The number of amides is 2. The Morgan fingerprint density at radius 2 is 2.29 bits per heavy atom. The zero-order valence-corrected chi connectivity index (χ0v) is 11.7. The van der Waals surface area contributed by atoms with E-state index in [1.165, 1.54) is 11.3 Å². The number of fused-ring (bicyclic) bond motifs is 1. The molecule has 0 bridgehead atoms. The van der Waals surface area contributed by atoms with E-state index in [9.17, 15) is 9.59 Å².